The summed E-state index contributed by atoms with van der Waals surface area (Å²) in [5, 5.41) is 9.95. The van der Waals surface area contributed by atoms with Crippen molar-refractivity contribution in [2.24, 2.45) is 5.90 Å². The van der Waals surface area contributed by atoms with Gasteiger partial charge in [0.1, 0.15) is 11.5 Å². The fraction of sp³-hybridized carbons (Fsp3) is 0.375. The van der Waals surface area contributed by atoms with E-state index in [1.54, 1.807) is 7.11 Å². The topological polar surface area (TPSA) is 108 Å². The molecule has 0 radical (unpaired) electrons. The minimum Gasteiger partial charge on any atom is -0.497 e. The van der Waals surface area contributed by atoms with Gasteiger partial charge >= 0.3 is 11.9 Å². The zero-order valence-corrected chi connectivity index (χ0v) is 25.0. The average Bonchev–Trinajstić information content (AvgIpc) is 2.97. The Hall–Kier alpha value is -3.20. The summed E-state index contributed by atoms with van der Waals surface area (Å²) in [5.74, 6) is 6.05. The molecule has 3 rings (SSSR count). The second-order valence-electron chi connectivity index (χ2n) is 9.65. The number of methoxy groups -OCH3 is 1. The first-order valence-corrected chi connectivity index (χ1v) is 15.2. The van der Waals surface area contributed by atoms with Crippen molar-refractivity contribution in [2.45, 2.75) is 62.7 Å². The van der Waals surface area contributed by atoms with Crippen LogP contribution in [0.3, 0.4) is 0 Å². The molecule has 3 N–H and O–H groups in total. The summed E-state index contributed by atoms with van der Waals surface area (Å²) in [6.45, 7) is 0.324. The Kier molecular flexibility index (Phi) is 13.9. The Morgan fingerprint density at radius 2 is 1.68 bits per heavy atom. The van der Waals surface area contributed by atoms with Gasteiger partial charge < -0.3 is 19.4 Å². The Morgan fingerprint density at radius 1 is 0.902 bits per heavy atom. The van der Waals surface area contributed by atoms with Crippen LogP contribution < -0.4 is 15.4 Å². The number of carboxylic acid groups (broad SMARTS) is 1. The van der Waals surface area contributed by atoms with Crippen LogP contribution in [0.1, 0.15) is 56.1 Å². The number of carbonyl (C=O) groups is 2. The molecule has 0 amide bonds. The van der Waals surface area contributed by atoms with E-state index in [0.29, 0.717) is 25.2 Å². The van der Waals surface area contributed by atoms with Crippen LogP contribution in [0, 0.1) is 0 Å². The minimum atomic E-state index is -0.843. The zero-order valence-electron chi connectivity index (χ0n) is 23.4. The maximum absolute atomic E-state index is 11.2. The van der Waals surface area contributed by atoms with E-state index >= 15 is 0 Å². The monoisotopic (exact) mass is 599 g/mol. The van der Waals surface area contributed by atoms with Crippen LogP contribution in [0.15, 0.2) is 65.6 Å². The number of aliphatic carboxylic acids is 1. The molecule has 0 aliphatic rings. The number of aryl methyl sites for hydroxylation is 1. The van der Waals surface area contributed by atoms with Gasteiger partial charge in [-0.2, -0.15) is 5.90 Å². The molecular weight excluding hydrogens is 562 g/mol. The Labute approximate surface area is 251 Å². The number of ether oxygens (including phenoxy) is 2. The average molecular weight is 600 g/mol. The summed E-state index contributed by atoms with van der Waals surface area (Å²) in [6, 6.07) is 20.0. The highest BCUT2D eigenvalue weighted by molar-refractivity contribution is 7.99. The summed E-state index contributed by atoms with van der Waals surface area (Å²) in [5.41, 5.74) is 4.24. The zero-order chi connectivity index (χ0) is 29.5. The lowest BCUT2D eigenvalue weighted by molar-refractivity contribution is -0.144. The standard InChI is InChI=1S/C32H38ClNO6S/c1-38-27-14-12-23(13-15-27)25-20-26(33)22-28(21-25)41-19-5-3-2-4-8-24-9-6-10-30(29(24)16-17-31(35)36)39-18-7-11-32(37)40-34/h6,9-10,12-15,20-22H,2-5,7-8,11,16-19,34H2,1H3,(H,35,36). The molecule has 220 valence electrons. The van der Waals surface area contributed by atoms with E-state index in [0.717, 1.165) is 75.8 Å². The Morgan fingerprint density at radius 3 is 2.41 bits per heavy atom. The molecule has 0 fully saturated rings. The first-order chi connectivity index (χ1) is 19.9. The third-order valence-electron chi connectivity index (χ3n) is 6.64. The molecule has 0 atom stereocenters. The number of halogens is 1. The van der Waals surface area contributed by atoms with Gasteiger partial charge in [0, 0.05) is 16.3 Å². The molecule has 0 unspecified atom stereocenters. The molecule has 0 spiro atoms. The number of rotatable bonds is 18. The molecule has 0 aliphatic heterocycles. The van der Waals surface area contributed by atoms with Crippen LogP contribution in [0.5, 0.6) is 11.5 Å². The molecule has 0 aliphatic carbocycles. The summed E-state index contributed by atoms with van der Waals surface area (Å²) >= 11 is 8.23. The summed E-state index contributed by atoms with van der Waals surface area (Å²) in [6.07, 6.45) is 6.22. The third-order valence-corrected chi connectivity index (χ3v) is 7.92. The SMILES string of the molecule is COc1ccc(-c2cc(Cl)cc(SCCCCCCc3cccc(OCCCC(=O)ON)c3CCC(=O)O)c2)cc1. The van der Waals surface area contributed by atoms with Crippen molar-refractivity contribution in [1.82, 2.24) is 0 Å². The minimum absolute atomic E-state index is 0.0355. The fourth-order valence-corrected chi connectivity index (χ4v) is 5.82. The van der Waals surface area contributed by atoms with Crippen molar-refractivity contribution in [3.05, 3.63) is 76.8 Å². The molecular formula is C32H38ClNO6S. The lowest BCUT2D eigenvalue weighted by Gasteiger charge is -2.15. The normalized spacial score (nSPS) is 10.8. The van der Waals surface area contributed by atoms with Crippen LogP contribution in [-0.4, -0.2) is 36.5 Å². The fourth-order valence-electron chi connectivity index (χ4n) is 4.51. The molecule has 9 heteroatoms. The van der Waals surface area contributed by atoms with Crippen molar-refractivity contribution in [1.29, 1.82) is 0 Å². The van der Waals surface area contributed by atoms with Crippen LogP contribution >= 0.6 is 23.4 Å². The Balaban J connectivity index is 1.46. The smallest absolute Gasteiger partial charge is 0.324 e. The van der Waals surface area contributed by atoms with E-state index in [2.05, 4.69) is 10.9 Å². The lowest BCUT2D eigenvalue weighted by Crippen LogP contribution is -2.11. The number of thioether (sulfide) groups is 1. The predicted molar refractivity (Wildman–Crippen MR) is 164 cm³/mol. The maximum Gasteiger partial charge on any atom is 0.324 e. The van der Waals surface area contributed by atoms with Crippen LogP contribution in [0.2, 0.25) is 5.02 Å². The van der Waals surface area contributed by atoms with E-state index in [-0.39, 0.29) is 12.8 Å². The van der Waals surface area contributed by atoms with Crippen molar-refractivity contribution < 1.29 is 29.0 Å². The number of carbonyl (C=O) groups excluding carboxylic acids is 1. The van der Waals surface area contributed by atoms with Crippen molar-refractivity contribution in [3.63, 3.8) is 0 Å². The third kappa shape index (κ3) is 11.3. The quantitative estimate of drug-likeness (QED) is 0.0878. The molecule has 0 heterocycles. The van der Waals surface area contributed by atoms with Gasteiger partial charge in [-0.1, -0.05) is 48.7 Å². The number of unbranched alkanes of at least 4 members (excludes halogenated alkanes) is 3. The Bertz CT molecular complexity index is 1270. The maximum atomic E-state index is 11.2. The van der Waals surface area contributed by atoms with Gasteiger partial charge in [0.2, 0.25) is 0 Å². The van der Waals surface area contributed by atoms with Crippen molar-refractivity contribution in [3.8, 4) is 22.6 Å². The molecule has 3 aromatic carbocycles. The lowest BCUT2D eigenvalue weighted by atomic mass is 9.97. The molecule has 0 aromatic heterocycles. The molecule has 41 heavy (non-hydrogen) atoms. The first kappa shape index (κ1) is 32.3. The van der Waals surface area contributed by atoms with E-state index < -0.39 is 11.9 Å². The van der Waals surface area contributed by atoms with Crippen LogP contribution in [-0.2, 0) is 27.3 Å². The van der Waals surface area contributed by atoms with Gasteiger partial charge in [0.25, 0.3) is 0 Å². The molecule has 0 saturated heterocycles. The number of hydrogen-bond donors (Lipinski definition) is 2. The van der Waals surface area contributed by atoms with Crippen molar-refractivity contribution >= 4 is 35.3 Å². The van der Waals surface area contributed by atoms with Crippen LogP contribution in [0.25, 0.3) is 11.1 Å². The second-order valence-corrected chi connectivity index (χ2v) is 11.3. The highest BCUT2D eigenvalue weighted by Gasteiger charge is 2.12. The summed E-state index contributed by atoms with van der Waals surface area (Å²) in [4.78, 5) is 27.8. The molecule has 7 nitrogen and oxygen atoms in total. The van der Waals surface area contributed by atoms with Crippen LogP contribution in [0.4, 0.5) is 0 Å². The van der Waals surface area contributed by atoms with E-state index in [1.165, 1.54) is 0 Å². The molecule has 0 bridgehead atoms. The van der Waals surface area contributed by atoms with Gasteiger partial charge in [-0.15, -0.1) is 11.8 Å². The van der Waals surface area contributed by atoms with Gasteiger partial charge in [0.05, 0.1) is 20.1 Å². The van der Waals surface area contributed by atoms with E-state index in [1.807, 2.05) is 66.4 Å². The number of nitrogens with two attached hydrogens (primary N) is 1. The van der Waals surface area contributed by atoms with Gasteiger partial charge in [-0.3, -0.25) is 9.59 Å². The second kappa shape index (κ2) is 17.6. The van der Waals surface area contributed by atoms with Gasteiger partial charge in [-0.05, 0) is 96.5 Å². The number of hydrogen-bond acceptors (Lipinski definition) is 7. The highest BCUT2D eigenvalue weighted by atomic mass is 35.5. The number of carboxylic acids is 1. The summed E-state index contributed by atoms with van der Waals surface area (Å²) in [7, 11) is 1.66. The van der Waals surface area contributed by atoms with Gasteiger partial charge in [0.15, 0.2) is 0 Å². The molecule has 3 aromatic rings. The van der Waals surface area contributed by atoms with E-state index in [9.17, 15) is 14.7 Å². The van der Waals surface area contributed by atoms with E-state index in [4.69, 9.17) is 27.0 Å². The van der Waals surface area contributed by atoms with Crippen molar-refractivity contribution in [2.75, 3.05) is 19.5 Å². The highest BCUT2D eigenvalue weighted by Crippen LogP contribution is 2.31. The number of benzene rings is 3. The summed E-state index contributed by atoms with van der Waals surface area (Å²) < 4.78 is 11.2. The first-order valence-electron chi connectivity index (χ1n) is 13.8. The molecule has 0 saturated carbocycles. The van der Waals surface area contributed by atoms with Gasteiger partial charge in [-0.25, -0.2) is 0 Å². The predicted octanol–water partition coefficient (Wildman–Crippen LogP) is 7.50. The largest absolute Gasteiger partial charge is 0.497 e.